The molecule has 0 bridgehead atoms. The number of para-hydroxylation sites is 1. The Morgan fingerprint density at radius 3 is 2.80 bits per heavy atom. The molecule has 0 spiro atoms. The summed E-state index contributed by atoms with van der Waals surface area (Å²) in [4.78, 5) is 3.19. The van der Waals surface area contributed by atoms with Crippen molar-refractivity contribution < 1.29 is 22.6 Å². The number of aryl methyl sites for hydroxylation is 1. The lowest BCUT2D eigenvalue weighted by atomic mass is 10.2. The lowest BCUT2D eigenvalue weighted by Crippen LogP contribution is -2.37. The van der Waals surface area contributed by atoms with Crippen LogP contribution in [0.25, 0.3) is 16.3 Å². The average Bonchev–Trinajstić information content (AvgIpc) is 3.20. The Hall–Kier alpha value is -1.91. The molecule has 2 aromatic carbocycles. The van der Waals surface area contributed by atoms with Crippen LogP contribution in [0.4, 0.5) is 5.69 Å². The quantitative estimate of drug-likeness (QED) is 0.428. The minimum atomic E-state index is -4.24. The topological polar surface area (TPSA) is 84.5 Å². The lowest BCUT2D eigenvalue weighted by molar-refractivity contribution is -0.670. The molecule has 1 aliphatic rings. The summed E-state index contributed by atoms with van der Waals surface area (Å²) in [7, 11) is -4.24. The maximum Gasteiger partial charge on any atom is 0.265 e. The Bertz CT molecular complexity index is 1220. The first-order valence-electron chi connectivity index (χ1n) is 9.59. The molecular weight excluding hydrogens is 440 g/mol. The molecule has 3 aromatic rings. The number of nitrogens with zero attached hydrogens (tertiary/aromatic N) is 2. The summed E-state index contributed by atoms with van der Waals surface area (Å²) in [5, 5.41) is 11.6. The maximum atomic E-state index is 11.1. The standard InChI is InChI=1S/C21H22N2O4S3/c1-15-7-8-19-17(13-15)22(9-4-12-30(25,26)27)20(29-19)14-21-23(10-11-24)16-5-2-3-6-18(16)28-21/h2-3,5-8,13-14,24H,4,9-12H2,1H3. The number of benzene rings is 2. The third-order valence-electron chi connectivity index (χ3n) is 4.87. The number of fused-ring (bicyclic) bond motifs is 2. The van der Waals surface area contributed by atoms with Gasteiger partial charge in [-0.25, -0.2) is 8.42 Å². The molecule has 1 N–H and O–H groups in total. The van der Waals surface area contributed by atoms with Crippen LogP contribution in [0.1, 0.15) is 17.0 Å². The Labute approximate surface area is 184 Å². The van der Waals surface area contributed by atoms with E-state index in [1.165, 1.54) is 0 Å². The van der Waals surface area contributed by atoms with Crippen molar-refractivity contribution in [2.45, 2.75) is 24.8 Å². The second-order valence-corrected chi connectivity index (χ2v) is 10.8. The molecule has 0 radical (unpaired) electrons. The second kappa shape index (κ2) is 8.68. The normalized spacial score (nSPS) is 15.3. The molecule has 9 heteroatoms. The average molecular weight is 463 g/mol. The largest absolute Gasteiger partial charge is 0.748 e. The van der Waals surface area contributed by atoms with Crippen LogP contribution in [0, 0.1) is 6.92 Å². The number of hydrogen-bond donors (Lipinski definition) is 1. The van der Waals surface area contributed by atoms with Gasteiger partial charge in [0.15, 0.2) is 6.54 Å². The fourth-order valence-electron chi connectivity index (χ4n) is 3.55. The van der Waals surface area contributed by atoms with Crippen molar-refractivity contribution in [1.82, 2.24) is 0 Å². The van der Waals surface area contributed by atoms with Gasteiger partial charge in [0, 0.05) is 23.3 Å². The first-order valence-corrected chi connectivity index (χ1v) is 12.8. The molecule has 0 atom stereocenters. The van der Waals surface area contributed by atoms with Crippen molar-refractivity contribution in [2.24, 2.45) is 0 Å². The van der Waals surface area contributed by atoms with E-state index in [0.717, 1.165) is 36.4 Å². The van der Waals surface area contributed by atoms with Crippen molar-refractivity contribution in [3.8, 4) is 0 Å². The molecule has 30 heavy (non-hydrogen) atoms. The fourth-order valence-corrected chi connectivity index (χ4v) is 6.33. The highest BCUT2D eigenvalue weighted by molar-refractivity contribution is 8.03. The van der Waals surface area contributed by atoms with Gasteiger partial charge in [-0.2, -0.15) is 4.57 Å². The molecule has 4 rings (SSSR count). The van der Waals surface area contributed by atoms with Crippen molar-refractivity contribution in [2.75, 3.05) is 23.8 Å². The molecule has 0 saturated heterocycles. The van der Waals surface area contributed by atoms with Gasteiger partial charge in [0.1, 0.15) is 11.3 Å². The number of thiazole rings is 1. The van der Waals surface area contributed by atoms with Gasteiger partial charge in [-0.3, -0.25) is 0 Å². The summed E-state index contributed by atoms with van der Waals surface area (Å²) in [5.41, 5.74) is 3.22. The van der Waals surface area contributed by atoms with E-state index >= 15 is 0 Å². The minimum Gasteiger partial charge on any atom is -0.748 e. The van der Waals surface area contributed by atoms with Crippen LogP contribution in [0.3, 0.4) is 0 Å². The van der Waals surface area contributed by atoms with E-state index in [2.05, 4.69) is 39.8 Å². The summed E-state index contributed by atoms with van der Waals surface area (Å²) in [6.07, 6.45) is 2.35. The van der Waals surface area contributed by atoms with Gasteiger partial charge in [-0.05, 0) is 37.1 Å². The SMILES string of the molecule is Cc1ccc2c(c1)N(CCCS(=O)(=O)[O-])/C(=C/c1sc3ccccc3[n+]1CCO)S2. The lowest BCUT2D eigenvalue weighted by Gasteiger charge is -2.21. The van der Waals surface area contributed by atoms with Crippen LogP contribution < -0.4 is 9.47 Å². The minimum absolute atomic E-state index is 0.0409. The predicted molar refractivity (Wildman–Crippen MR) is 121 cm³/mol. The highest BCUT2D eigenvalue weighted by Crippen LogP contribution is 2.47. The molecule has 0 saturated carbocycles. The van der Waals surface area contributed by atoms with E-state index in [1.807, 2.05) is 25.1 Å². The molecule has 2 heterocycles. The van der Waals surface area contributed by atoms with Gasteiger partial charge in [-0.1, -0.05) is 41.3 Å². The molecule has 0 unspecified atom stereocenters. The third kappa shape index (κ3) is 4.55. The highest BCUT2D eigenvalue weighted by atomic mass is 32.2. The van der Waals surface area contributed by atoms with Crippen LogP contribution in [-0.4, -0.2) is 37.0 Å². The number of hydrogen-bond acceptors (Lipinski definition) is 7. The predicted octanol–water partition coefficient (Wildman–Crippen LogP) is 3.34. The molecule has 158 valence electrons. The molecule has 0 aliphatic carbocycles. The number of rotatable bonds is 7. The Kier molecular flexibility index (Phi) is 6.17. The molecule has 6 nitrogen and oxygen atoms in total. The maximum absolute atomic E-state index is 11.1. The first-order chi connectivity index (χ1) is 14.4. The Morgan fingerprint density at radius 1 is 1.23 bits per heavy atom. The smallest absolute Gasteiger partial charge is 0.265 e. The van der Waals surface area contributed by atoms with E-state index < -0.39 is 10.1 Å². The van der Waals surface area contributed by atoms with Crippen LogP contribution in [0.2, 0.25) is 0 Å². The van der Waals surface area contributed by atoms with E-state index in [4.69, 9.17) is 0 Å². The van der Waals surface area contributed by atoms with Crippen molar-refractivity contribution >= 4 is 55.2 Å². The van der Waals surface area contributed by atoms with Crippen molar-refractivity contribution in [3.05, 3.63) is 58.1 Å². The molecular formula is C21H22N2O4S3. The number of aromatic nitrogens is 1. The number of aliphatic hydroxyl groups is 1. The Morgan fingerprint density at radius 2 is 2.03 bits per heavy atom. The van der Waals surface area contributed by atoms with E-state index in [-0.39, 0.29) is 18.8 Å². The summed E-state index contributed by atoms with van der Waals surface area (Å²) in [5.74, 6) is -0.379. The van der Waals surface area contributed by atoms with E-state index in [9.17, 15) is 18.1 Å². The van der Waals surface area contributed by atoms with Crippen LogP contribution in [0.5, 0.6) is 0 Å². The number of thioether (sulfide) groups is 1. The van der Waals surface area contributed by atoms with Crippen LogP contribution in [-0.2, 0) is 16.7 Å². The summed E-state index contributed by atoms with van der Waals surface area (Å²) in [6.45, 7) is 3.00. The van der Waals surface area contributed by atoms with Gasteiger partial charge < -0.3 is 14.6 Å². The molecule has 0 fully saturated rings. The zero-order valence-corrected chi connectivity index (χ0v) is 18.9. The fraction of sp³-hybridized carbons (Fsp3) is 0.286. The van der Waals surface area contributed by atoms with Crippen LogP contribution in [0.15, 0.2) is 52.4 Å². The number of anilines is 1. The van der Waals surface area contributed by atoms with Gasteiger partial charge >= 0.3 is 0 Å². The Balaban J connectivity index is 1.73. The molecule has 0 amide bonds. The van der Waals surface area contributed by atoms with Crippen LogP contribution >= 0.6 is 23.1 Å². The van der Waals surface area contributed by atoms with Crippen molar-refractivity contribution in [1.29, 1.82) is 0 Å². The van der Waals surface area contributed by atoms with E-state index in [1.54, 1.807) is 23.1 Å². The van der Waals surface area contributed by atoms with Crippen molar-refractivity contribution in [3.63, 3.8) is 0 Å². The molecule has 1 aliphatic heterocycles. The summed E-state index contributed by atoms with van der Waals surface area (Å²) in [6, 6.07) is 14.3. The first kappa shape index (κ1) is 21.3. The monoisotopic (exact) mass is 462 g/mol. The second-order valence-electron chi connectivity index (χ2n) is 7.11. The van der Waals surface area contributed by atoms with Gasteiger partial charge in [0.05, 0.1) is 26.9 Å². The molecule has 1 aromatic heterocycles. The zero-order valence-electron chi connectivity index (χ0n) is 16.4. The van der Waals surface area contributed by atoms with Gasteiger partial charge in [0.25, 0.3) is 5.01 Å². The zero-order chi connectivity index (χ0) is 21.3. The summed E-state index contributed by atoms with van der Waals surface area (Å²) >= 11 is 3.29. The van der Waals surface area contributed by atoms with Gasteiger partial charge in [0.2, 0.25) is 5.52 Å². The summed E-state index contributed by atoms with van der Waals surface area (Å²) < 4.78 is 36.5. The highest BCUT2D eigenvalue weighted by Gasteiger charge is 2.27. The van der Waals surface area contributed by atoms with E-state index in [0.29, 0.717) is 13.1 Å². The van der Waals surface area contributed by atoms with Gasteiger partial charge in [-0.15, -0.1) is 0 Å². The number of aliphatic hydroxyl groups excluding tert-OH is 1. The third-order valence-corrected chi connectivity index (χ3v) is 7.88.